The van der Waals surface area contributed by atoms with Gasteiger partial charge in [0, 0.05) is 48.6 Å². The van der Waals surface area contributed by atoms with Crippen molar-refractivity contribution in [1.82, 2.24) is 15.2 Å². The number of aromatic nitrogens is 1. The van der Waals surface area contributed by atoms with Crippen molar-refractivity contribution in [3.05, 3.63) is 33.8 Å². The summed E-state index contributed by atoms with van der Waals surface area (Å²) in [5.41, 5.74) is 13.7. The number of piperidine rings is 1. The highest BCUT2D eigenvalue weighted by atomic mass is 32.1. The highest BCUT2D eigenvalue weighted by Gasteiger charge is 2.43. The summed E-state index contributed by atoms with van der Waals surface area (Å²) < 4.78 is 6.38. The van der Waals surface area contributed by atoms with Gasteiger partial charge >= 0.3 is 0 Å². The first-order valence-electron chi connectivity index (χ1n) is 13.4. The zero-order valence-corrected chi connectivity index (χ0v) is 23.1. The van der Waals surface area contributed by atoms with E-state index in [1.165, 1.54) is 11.3 Å². The minimum Gasteiger partial charge on any atom is -0.490 e. The Morgan fingerprint density at radius 3 is 2.76 bits per heavy atom. The number of nitriles is 1. The topological polar surface area (TPSA) is 149 Å². The van der Waals surface area contributed by atoms with E-state index in [-0.39, 0.29) is 11.9 Å². The average molecular weight is 539 g/mol. The van der Waals surface area contributed by atoms with Crippen molar-refractivity contribution in [2.75, 3.05) is 56.9 Å². The molecule has 0 radical (unpaired) electrons. The molecule has 2 atom stereocenters. The van der Waals surface area contributed by atoms with E-state index in [0.29, 0.717) is 28.4 Å². The third-order valence-corrected chi connectivity index (χ3v) is 9.17. The van der Waals surface area contributed by atoms with Crippen LogP contribution in [0.4, 0.5) is 10.8 Å². The number of aliphatic imine (C=N–C) groups is 1. The zero-order valence-electron chi connectivity index (χ0n) is 22.2. The number of likely N-dealkylation sites (N-methyl/N-ethyl adjacent to an activating group) is 1. The number of thiophene rings is 1. The SMILES string of the molecule is CN1CCN(c2cc(OC3CCNCC3)cc(/C(N)=N/C(O)C3(C)CCCc4sc(N)c(C#N)c43)n2)CC1. The quantitative estimate of drug-likeness (QED) is 0.319. The lowest BCUT2D eigenvalue weighted by molar-refractivity contribution is 0.0869. The van der Waals surface area contributed by atoms with E-state index in [4.69, 9.17) is 21.2 Å². The number of anilines is 2. The van der Waals surface area contributed by atoms with Gasteiger partial charge in [0.05, 0.1) is 5.56 Å². The molecule has 0 bridgehead atoms. The molecule has 0 amide bonds. The molecule has 2 unspecified atom stereocenters. The molecule has 2 fully saturated rings. The monoisotopic (exact) mass is 538 g/mol. The van der Waals surface area contributed by atoms with Crippen molar-refractivity contribution in [1.29, 1.82) is 5.26 Å². The second-order valence-corrected chi connectivity index (χ2v) is 12.0. The summed E-state index contributed by atoms with van der Waals surface area (Å²) in [5, 5.41) is 25.1. The molecule has 6 N–H and O–H groups in total. The Morgan fingerprint density at radius 2 is 2.05 bits per heavy atom. The van der Waals surface area contributed by atoms with Crippen LogP contribution in [0.2, 0.25) is 0 Å². The number of aliphatic hydroxyl groups excluding tert-OH is 1. The second-order valence-electron chi connectivity index (χ2n) is 10.8. The molecule has 5 rings (SSSR count). The van der Waals surface area contributed by atoms with Crippen LogP contribution < -0.4 is 26.4 Å². The van der Waals surface area contributed by atoms with E-state index >= 15 is 0 Å². The average Bonchev–Trinajstić information content (AvgIpc) is 3.25. The molecule has 0 spiro atoms. The van der Waals surface area contributed by atoms with Gasteiger partial charge in [-0.25, -0.2) is 9.98 Å². The minimum atomic E-state index is -1.15. The van der Waals surface area contributed by atoms with E-state index < -0.39 is 11.6 Å². The van der Waals surface area contributed by atoms with Crippen LogP contribution in [0.3, 0.4) is 0 Å². The van der Waals surface area contributed by atoms with Gasteiger partial charge in [-0.05, 0) is 57.8 Å². The first-order valence-corrected chi connectivity index (χ1v) is 14.3. The van der Waals surface area contributed by atoms with Crippen molar-refractivity contribution in [3.63, 3.8) is 0 Å². The molecular weight excluding hydrogens is 500 g/mol. The van der Waals surface area contributed by atoms with E-state index in [0.717, 1.165) is 81.2 Å². The molecule has 10 nitrogen and oxygen atoms in total. The van der Waals surface area contributed by atoms with Gasteiger partial charge in [-0.3, -0.25) is 0 Å². The van der Waals surface area contributed by atoms with E-state index in [2.05, 4.69) is 33.2 Å². The van der Waals surface area contributed by atoms with Gasteiger partial charge in [0.15, 0.2) is 6.23 Å². The molecule has 1 aliphatic carbocycles. The number of nitrogens with two attached hydrogens (primary N) is 2. The van der Waals surface area contributed by atoms with Crippen molar-refractivity contribution in [2.24, 2.45) is 10.7 Å². The number of fused-ring (bicyclic) bond motifs is 1. The zero-order chi connectivity index (χ0) is 26.9. The van der Waals surface area contributed by atoms with Gasteiger partial charge in [-0.2, -0.15) is 5.26 Å². The molecule has 0 saturated carbocycles. The number of hydrogen-bond acceptors (Lipinski definition) is 10. The number of rotatable bonds is 6. The highest BCUT2D eigenvalue weighted by Crippen LogP contribution is 2.47. The van der Waals surface area contributed by atoms with Crippen molar-refractivity contribution in [2.45, 2.75) is 56.8 Å². The second kappa shape index (κ2) is 11.1. The number of pyridine rings is 1. The summed E-state index contributed by atoms with van der Waals surface area (Å²) in [6, 6.07) is 6.06. The Bertz CT molecular complexity index is 1230. The molecule has 3 aliphatic rings. The van der Waals surface area contributed by atoms with Gasteiger partial charge in [-0.15, -0.1) is 11.3 Å². The molecule has 11 heteroatoms. The van der Waals surface area contributed by atoms with Crippen molar-refractivity contribution in [3.8, 4) is 11.8 Å². The number of nitrogens with zero attached hydrogens (tertiary/aromatic N) is 5. The Morgan fingerprint density at radius 1 is 1.32 bits per heavy atom. The third kappa shape index (κ3) is 5.31. The number of hydrogen-bond donors (Lipinski definition) is 4. The van der Waals surface area contributed by atoms with Crippen LogP contribution in [0, 0.1) is 11.3 Å². The summed E-state index contributed by atoms with van der Waals surface area (Å²) in [5.74, 6) is 1.67. The molecule has 204 valence electrons. The van der Waals surface area contributed by atoms with Crippen LogP contribution >= 0.6 is 11.3 Å². The molecule has 38 heavy (non-hydrogen) atoms. The smallest absolute Gasteiger partial charge is 0.156 e. The van der Waals surface area contributed by atoms with Crippen LogP contribution in [-0.4, -0.2) is 79.5 Å². The molecule has 0 aromatic carbocycles. The van der Waals surface area contributed by atoms with Crippen LogP contribution in [0.5, 0.6) is 5.75 Å². The maximum atomic E-state index is 11.4. The maximum Gasteiger partial charge on any atom is 0.156 e. The lowest BCUT2D eigenvalue weighted by Gasteiger charge is -2.36. The van der Waals surface area contributed by atoms with Crippen LogP contribution in [-0.2, 0) is 11.8 Å². The predicted octanol–water partition coefficient (Wildman–Crippen LogP) is 1.80. The van der Waals surface area contributed by atoms with Crippen LogP contribution in [0.25, 0.3) is 0 Å². The molecular formula is C27H38N8O2S. The molecule has 2 aromatic heterocycles. The fourth-order valence-corrected chi connectivity index (χ4v) is 6.92. The predicted molar refractivity (Wildman–Crippen MR) is 151 cm³/mol. The number of ether oxygens (including phenoxy) is 1. The van der Waals surface area contributed by atoms with Crippen molar-refractivity contribution >= 4 is 28.0 Å². The maximum absolute atomic E-state index is 11.4. The van der Waals surface area contributed by atoms with Crippen LogP contribution in [0.15, 0.2) is 17.1 Å². The summed E-state index contributed by atoms with van der Waals surface area (Å²) >= 11 is 1.43. The Kier molecular flexibility index (Phi) is 7.77. The van der Waals surface area contributed by atoms with E-state index in [9.17, 15) is 10.4 Å². The number of nitrogen functional groups attached to an aromatic ring is 1. The van der Waals surface area contributed by atoms with Gasteiger partial charge in [0.2, 0.25) is 0 Å². The van der Waals surface area contributed by atoms with Gasteiger partial charge in [0.1, 0.15) is 40.3 Å². The molecule has 4 heterocycles. The first-order chi connectivity index (χ1) is 18.3. The lowest BCUT2D eigenvalue weighted by Crippen LogP contribution is -2.45. The number of piperazine rings is 1. The molecule has 2 aromatic rings. The summed E-state index contributed by atoms with van der Waals surface area (Å²) in [6.07, 6.45) is 3.27. The van der Waals surface area contributed by atoms with Gasteiger partial charge in [0.25, 0.3) is 0 Å². The fraction of sp³-hybridized carbons (Fsp3) is 0.593. The summed E-state index contributed by atoms with van der Waals surface area (Å²) in [4.78, 5) is 15.0. The standard InChI is InChI=1S/C27H38N8O2S/c1-27(7-3-4-21-23(27)19(16-28)25(30)38-21)26(36)33-24(29)20-14-18(37-17-5-8-31-9-6-17)15-22(32-20)35-12-10-34(2)11-13-35/h14-15,17,26,31,36H,3-13,30H2,1-2H3,(H2,29,33). The summed E-state index contributed by atoms with van der Waals surface area (Å²) in [6.45, 7) is 7.42. The largest absolute Gasteiger partial charge is 0.490 e. The van der Waals surface area contributed by atoms with Crippen molar-refractivity contribution < 1.29 is 9.84 Å². The Labute approximate surface area is 228 Å². The number of aliphatic hydroxyl groups is 1. The van der Waals surface area contributed by atoms with Crippen LogP contribution in [0.1, 0.15) is 54.3 Å². The minimum absolute atomic E-state index is 0.128. The molecule has 2 saturated heterocycles. The number of aryl methyl sites for hydroxylation is 1. The first kappa shape index (κ1) is 26.7. The summed E-state index contributed by atoms with van der Waals surface area (Å²) in [7, 11) is 2.12. The van der Waals surface area contributed by atoms with Gasteiger partial charge < -0.3 is 36.4 Å². The Balaban J connectivity index is 1.47. The highest BCUT2D eigenvalue weighted by molar-refractivity contribution is 7.16. The number of amidine groups is 1. The molecule has 2 aliphatic heterocycles. The van der Waals surface area contributed by atoms with E-state index in [1.807, 2.05) is 19.1 Å². The normalized spacial score (nSPS) is 24.1. The lowest BCUT2D eigenvalue weighted by atomic mass is 9.71. The van der Waals surface area contributed by atoms with Gasteiger partial charge in [-0.1, -0.05) is 6.92 Å². The fourth-order valence-electron chi connectivity index (χ4n) is 5.72. The third-order valence-electron chi connectivity index (χ3n) is 8.09. The van der Waals surface area contributed by atoms with E-state index in [1.54, 1.807) is 0 Å². The number of nitrogens with one attached hydrogen (secondary N) is 1. The Hall–Kier alpha value is -2.91.